The molecule has 172 valence electrons. The van der Waals surface area contributed by atoms with E-state index in [9.17, 15) is 26.4 Å². The second-order valence-corrected chi connectivity index (χ2v) is 10.6. The molecule has 1 amide bonds. The fourth-order valence-corrected chi connectivity index (χ4v) is 6.06. The molecule has 0 radical (unpaired) electrons. The third kappa shape index (κ3) is 4.25. The van der Waals surface area contributed by atoms with Crippen LogP contribution < -0.4 is 4.90 Å². The van der Waals surface area contributed by atoms with E-state index in [4.69, 9.17) is 4.74 Å². The number of carbonyl (C=O) groups excluding carboxylic acids is 1. The second-order valence-electron chi connectivity index (χ2n) is 7.83. The highest BCUT2D eigenvalue weighted by Crippen LogP contribution is 2.37. The van der Waals surface area contributed by atoms with Gasteiger partial charge in [-0.15, -0.1) is 0 Å². The molecule has 0 aromatic heterocycles. The molecule has 1 fully saturated rings. The summed E-state index contributed by atoms with van der Waals surface area (Å²) in [5, 5.41) is 0. The van der Waals surface area contributed by atoms with Crippen molar-refractivity contribution in [1.29, 1.82) is 0 Å². The summed E-state index contributed by atoms with van der Waals surface area (Å²) in [4.78, 5) is 13.6. The maximum absolute atomic E-state index is 13.2. The van der Waals surface area contributed by atoms with Crippen molar-refractivity contribution in [2.75, 3.05) is 18.0 Å². The molecule has 11 heteroatoms. The largest absolute Gasteiger partial charge is 0.444 e. The number of carbonyl (C=O) groups is 1. The monoisotopic (exact) mass is 532 g/mol. The highest BCUT2D eigenvalue weighted by Gasteiger charge is 2.39. The van der Waals surface area contributed by atoms with Crippen molar-refractivity contribution in [1.82, 2.24) is 4.31 Å². The Labute approximate surface area is 192 Å². The first-order valence-corrected chi connectivity index (χ1v) is 12.1. The van der Waals surface area contributed by atoms with Gasteiger partial charge in [0.15, 0.2) is 0 Å². The van der Waals surface area contributed by atoms with Crippen LogP contribution in [0.25, 0.3) is 0 Å². The SMILES string of the molecule is Cc1ccc2c(c1)COC(=O)N2C1CCN(S(=O)(=O)c2ccc(Br)c(C(F)(F)F)c2)CC1. The van der Waals surface area contributed by atoms with Gasteiger partial charge in [-0.1, -0.05) is 33.6 Å². The van der Waals surface area contributed by atoms with Gasteiger partial charge in [-0.25, -0.2) is 13.2 Å². The summed E-state index contributed by atoms with van der Waals surface area (Å²) in [5.41, 5.74) is 1.62. The predicted molar refractivity (Wildman–Crippen MR) is 115 cm³/mol. The number of sulfonamides is 1. The van der Waals surface area contributed by atoms with E-state index in [1.54, 1.807) is 4.90 Å². The van der Waals surface area contributed by atoms with E-state index in [0.29, 0.717) is 18.9 Å². The number of anilines is 1. The minimum atomic E-state index is -4.68. The molecule has 2 heterocycles. The first-order chi connectivity index (χ1) is 15.0. The predicted octanol–water partition coefficient (Wildman–Crippen LogP) is 5.09. The fourth-order valence-electron chi connectivity index (χ4n) is 4.09. The average molecular weight is 533 g/mol. The Kier molecular flexibility index (Phi) is 6.01. The number of alkyl halides is 3. The number of hydrogen-bond acceptors (Lipinski definition) is 4. The molecular weight excluding hydrogens is 513 g/mol. The Hall–Kier alpha value is -2.11. The van der Waals surface area contributed by atoms with Crippen LogP contribution in [-0.4, -0.2) is 37.9 Å². The van der Waals surface area contributed by atoms with Gasteiger partial charge in [0, 0.05) is 29.2 Å². The minimum Gasteiger partial charge on any atom is -0.444 e. The van der Waals surface area contributed by atoms with E-state index < -0.39 is 32.8 Å². The summed E-state index contributed by atoms with van der Waals surface area (Å²) in [6.07, 6.45) is -4.49. The summed E-state index contributed by atoms with van der Waals surface area (Å²) < 4.78 is 71.9. The van der Waals surface area contributed by atoms with E-state index in [-0.39, 0.29) is 30.2 Å². The number of rotatable bonds is 3. The lowest BCUT2D eigenvalue weighted by atomic mass is 10.0. The number of nitrogens with zero attached hydrogens (tertiary/aromatic N) is 2. The highest BCUT2D eigenvalue weighted by molar-refractivity contribution is 9.10. The molecule has 4 rings (SSSR count). The number of piperidine rings is 1. The van der Waals surface area contributed by atoms with Crippen molar-refractivity contribution in [2.24, 2.45) is 0 Å². The van der Waals surface area contributed by atoms with Crippen LogP contribution in [0.2, 0.25) is 0 Å². The van der Waals surface area contributed by atoms with E-state index in [1.165, 1.54) is 0 Å². The minimum absolute atomic E-state index is 0.0788. The topological polar surface area (TPSA) is 66.9 Å². The van der Waals surface area contributed by atoms with Crippen LogP contribution in [0, 0.1) is 6.92 Å². The molecule has 1 saturated heterocycles. The van der Waals surface area contributed by atoms with Crippen LogP contribution in [0.15, 0.2) is 45.8 Å². The Bertz CT molecular complexity index is 1160. The summed E-state index contributed by atoms with van der Waals surface area (Å²) in [5.74, 6) is 0. The standard InChI is InChI=1S/C21H20BrF3N2O4S/c1-13-2-5-19-14(10-13)12-31-20(28)27(19)15-6-8-26(9-7-15)32(29,30)16-3-4-18(22)17(11-16)21(23,24)25/h2-5,10-11,15H,6-9,12H2,1H3. The van der Waals surface area contributed by atoms with E-state index in [0.717, 1.165) is 33.3 Å². The molecule has 2 aromatic carbocycles. The Morgan fingerprint density at radius 1 is 1.09 bits per heavy atom. The van der Waals surface area contributed by atoms with Crippen molar-refractivity contribution in [3.05, 3.63) is 57.6 Å². The van der Waals surface area contributed by atoms with Crippen molar-refractivity contribution >= 4 is 37.7 Å². The normalized spacial score (nSPS) is 18.4. The van der Waals surface area contributed by atoms with Gasteiger partial charge in [0.2, 0.25) is 10.0 Å². The number of amides is 1. The molecule has 0 spiro atoms. The second kappa shape index (κ2) is 8.35. The Morgan fingerprint density at radius 2 is 1.78 bits per heavy atom. The molecule has 6 nitrogen and oxygen atoms in total. The van der Waals surface area contributed by atoms with Gasteiger partial charge >= 0.3 is 12.3 Å². The van der Waals surface area contributed by atoms with Gasteiger partial charge in [0.25, 0.3) is 0 Å². The molecule has 2 aliphatic heterocycles. The molecule has 2 aromatic rings. The quantitative estimate of drug-likeness (QED) is 0.552. The molecule has 0 unspecified atom stereocenters. The summed E-state index contributed by atoms with van der Waals surface area (Å²) >= 11 is 2.83. The highest BCUT2D eigenvalue weighted by atomic mass is 79.9. The zero-order chi connectivity index (χ0) is 23.3. The van der Waals surface area contributed by atoms with E-state index in [2.05, 4.69) is 15.9 Å². The van der Waals surface area contributed by atoms with Crippen molar-refractivity contribution in [3.63, 3.8) is 0 Å². The Morgan fingerprint density at radius 3 is 2.44 bits per heavy atom. The fraction of sp³-hybridized carbons (Fsp3) is 0.381. The first kappa shape index (κ1) is 23.1. The molecule has 0 saturated carbocycles. The Balaban J connectivity index is 1.54. The van der Waals surface area contributed by atoms with Gasteiger partial charge in [-0.2, -0.15) is 17.5 Å². The van der Waals surface area contributed by atoms with Gasteiger partial charge in [-0.3, -0.25) is 4.90 Å². The van der Waals surface area contributed by atoms with Gasteiger partial charge < -0.3 is 4.74 Å². The lowest BCUT2D eigenvalue weighted by Gasteiger charge is -2.39. The zero-order valence-corrected chi connectivity index (χ0v) is 19.4. The number of benzene rings is 2. The lowest BCUT2D eigenvalue weighted by molar-refractivity contribution is -0.138. The summed E-state index contributed by atoms with van der Waals surface area (Å²) in [7, 11) is -4.12. The molecule has 0 N–H and O–H groups in total. The number of ether oxygens (including phenoxy) is 1. The van der Waals surface area contributed by atoms with Crippen LogP contribution in [0.5, 0.6) is 0 Å². The zero-order valence-electron chi connectivity index (χ0n) is 17.0. The third-order valence-corrected chi connectivity index (χ3v) is 8.30. The van der Waals surface area contributed by atoms with Gasteiger partial charge in [-0.05, 0) is 44.0 Å². The maximum Gasteiger partial charge on any atom is 0.417 e. The maximum atomic E-state index is 13.2. The van der Waals surface area contributed by atoms with Gasteiger partial charge in [0.1, 0.15) is 6.61 Å². The average Bonchev–Trinajstić information content (AvgIpc) is 2.73. The third-order valence-electron chi connectivity index (χ3n) is 5.71. The molecule has 2 aliphatic rings. The lowest BCUT2D eigenvalue weighted by Crippen LogP contribution is -2.50. The number of fused-ring (bicyclic) bond motifs is 1. The van der Waals surface area contributed by atoms with Crippen molar-refractivity contribution in [2.45, 2.75) is 43.5 Å². The number of hydrogen-bond donors (Lipinski definition) is 0. The van der Waals surface area contributed by atoms with Crippen LogP contribution in [-0.2, 0) is 27.5 Å². The van der Waals surface area contributed by atoms with Crippen molar-refractivity contribution < 1.29 is 31.1 Å². The first-order valence-electron chi connectivity index (χ1n) is 9.91. The van der Waals surface area contributed by atoms with Crippen LogP contribution in [0.1, 0.15) is 29.5 Å². The molecular formula is C21H20BrF3N2O4S. The smallest absolute Gasteiger partial charge is 0.417 e. The number of halogens is 4. The molecule has 0 bridgehead atoms. The van der Waals surface area contributed by atoms with Crippen LogP contribution in [0.4, 0.5) is 23.7 Å². The van der Waals surface area contributed by atoms with E-state index in [1.807, 2.05) is 25.1 Å². The summed E-state index contributed by atoms with van der Waals surface area (Å²) in [6.45, 7) is 2.28. The molecule has 0 atom stereocenters. The van der Waals surface area contributed by atoms with Crippen molar-refractivity contribution in [3.8, 4) is 0 Å². The van der Waals surface area contributed by atoms with Crippen LogP contribution in [0.3, 0.4) is 0 Å². The number of cyclic esters (lactones) is 1. The summed E-state index contributed by atoms with van der Waals surface area (Å²) in [6, 6.07) is 8.31. The van der Waals surface area contributed by atoms with Crippen LogP contribution >= 0.6 is 15.9 Å². The number of aryl methyl sites for hydroxylation is 1. The van der Waals surface area contributed by atoms with E-state index >= 15 is 0 Å². The van der Waals surface area contributed by atoms with Gasteiger partial charge in [0.05, 0.1) is 16.1 Å². The molecule has 0 aliphatic carbocycles. The molecule has 32 heavy (non-hydrogen) atoms.